The number of ether oxygens (including phenoxy) is 1. The van der Waals surface area contributed by atoms with Crippen LogP contribution in [0, 0.1) is 6.92 Å². The van der Waals surface area contributed by atoms with Crippen molar-refractivity contribution in [3.8, 4) is 5.82 Å². The van der Waals surface area contributed by atoms with Crippen LogP contribution in [0.3, 0.4) is 0 Å². The third-order valence-corrected chi connectivity index (χ3v) is 3.46. The van der Waals surface area contributed by atoms with Crippen LogP contribution in [0.4, 0.5) is 4.79 Å². The minimum absolute atomic E-state index is 0.134. The van der Waals surface area contributed by atoms with E-state index in [0.717, 1.165) is 16.9 Å². The monoisotopic (exact) mass is 316 g/mol. The van der Waals surface area contributed by atoms with Crippen molar-refractivity contribution in [1.29, 1.82) is 0 Å². The zero-order valence-electron chi connectivity index (χ0n) is 14.6. The molecule has 0 radical (unpaired) electrons. The van der Waals surface area contributed by atoms with Gasteiger partial charge in [0.15, 0.2) is 5.82 Å². The van der Waals surface area contributed by atoms with Crippen LogP contribution >= 0.6 is 0 Å². The molecule has 0 saturated heterocycles. The zero-order chi connectivity index (χ0) is 17.2. The molecule has 2 rings (SSSR count). The van der Waals surface area contributed by atoms with Crippen LogP contribution in [-0.2, 0) is 4.74 Å². The standard InChI is InChI=1S/C17H24N4O2/c1-12-9-19-21(11-12)15-8-7-14(10-18-15)13(2)20(6)16(22)23-17(3,4)5/h7-11,13H,1-6H3/t13-/m0/s1. The van der Waals surface area contributed by atoms with E-state index >= 15 is 0 Å². The van der Waals surface area contributed by atoms with Crippen LogP contribution in [0.15, 0.2) is 30.7 Å². The van der Waals surface area contributed by atoms with E-state index in [-0.39, 0.29) is 12.1 Å². The average Bonchev–Trinajstić information content (AvgIpc) is 2.90. The lowest BCUT2D eigenvalue weighted by atomic mass is 10.1. The summed E-state index contributed by atoms with van der Waals surface area (Å²) in [6.07, 6.45) is 5.11. The Bertz CT molecular complexity index is 671. The summed E-state index contributed by atoms with van der Waals surface area (Å²) in [4.78, 5) is 18.1. The Balaban J connectivity index is 2.10. The number of carbonyl (C=O) groups excluding carboxylic acids is 1. The molecule has 0 unspecified atom stereocenters. The minimum atomic E-state index is -0.509. The van der Waals surface area contributed by atoms with Crippen LogP contribution < -0.4 is 0 Å². The number of hydrogen-bond acceptors (Lipinski definition) is 4. The SMILES string of the molecule is Cc1cnn(-c2ccc([C@H](C)N(C)C(=O)OC(C)(C)C)cn2)c1. The van der Waals surface area contributed by atoms with Crippen LogP contribution in [-0.4, -0.2) is 38.4 Å². The van der Waals surface area contributed by atoms with Gasteiger partial charge in [0.1, 0.15) is 5.60 Å². The van der Waals surface area contributed by atoms with Gasteiger partial charge in [-0.05, 0) is 51.8 Å². The van der Waals surface area contributed by atoms with Gasteiger partial charge in [-0.15, -0.1) is 0 Å². The summed E-state index contributed by atoms with van der Waals surface area (Å²) in [6.45, 7) is 9.48. The van der Waals surface area contributed by atoms with Crippen molar-refractivity contribution in [1.82, 2.24) is 19.7 Å². The van der Waals surface area contributed by atoms with E-state index in [9.17, 15) is 4.79 Å². The van der Waals surface area contributed by atoms with Gasteiger partial charge >= 0.3 is 6.09 Å². The van der Waals surface area contributed by atoms with Crippen molar-refractivity contribution in [3.05, 3.63) is 41.9 Å². The molecular formula is C17H24N4O2. The van der Waals surface area contributed by atoms with E-state index in [1.54, 1.807) is 29.0 Å². The lowest BCUT2D eigenvalue weighted by Crippen LogP contribution is -2.35. The van der Waals surface area contributed by atoms with E-state index in [1.165, 1.54) is 0 Å². The summed E-state index contributed by atoms with van der Waals surface area (Å²) >= 11 is 0. The van der Waals surface area contributed by atoms with Crippen LogP contribution in [0.25, 0.3) is 5.82 Å². The van der Waals surface area contributed by atoms with Gasteiger partial charge in [-0.25, -0.2) is 14.5 Å². The normalized spacial score (nSPS) is 12.8. The predicted molar refractivity (Wildman–Crippen MR) is 88.5 cm³/mol. The highest BCUT2D eigenvalue weighted by Crippen LogP contribution is 2.21. The van der Waals surface area contributed by atoms with Crippen LogP contribution in [0.1, 0.15) is 44.9 Å². The van der Waals surface area contributed by atoms with Gasteiger partial charge in [-0.2, -0.15) is 5.10 Å². The van der Waals surface area contributed by atoms with E-state index in [2.05, 4.69) is 10.1 Å². The predicted octanol–water partition coefficient (Wildman–Crippen LogP) is 3.50. The molecule has 1 amide bonds. The number of aryl methyl sites for hydroxylation is 1. The molecule has 0 aliphatic rings. The third kappa shape index (κ3) is 4.31. The summed E-state index contributed by atoms with van der Waals surface area (Å²) in [6, 6.07) is 3.71. The Morgan fingerprint density at radius 2 is 2.00 bits per heavy atom. The van der Waals surface area contributed by atoms with Crippen molar-refractivity contribution in [3.63, 3.8) is 0 Å². The molecule has 0 aliphatic heterocycles. The van der Waals surface area contributed by atoms with Crippen molar-refractivity contribution in [2.75, 3.05) is 7.05 Å². The Morgan fingerprint density at radius 1 is 1.30 bits per heavy atom. The second-order valence-electron chi connectivity index (χ2n) is 6.68. The van der Waals surface area contributed by atoms with Crippen molar-refractivity contribution < 1.29 is 9.53 Å². The lowest BCUT2D eigenvalue weighted by molar-refractivity contribution is 0.0233. The molecule has 0 spiro atoms. The van der Waals surface area contributed by atoms with Gasteiger partial charge in [0.05, 0.1) is 12.2 Å². The molecule has 0 fully saturated rings. The highest BCUT2D eigenvalue weighted by atomic mass is 16.6. The zero-order valence-corrected chi connectivity index (χ0v) is 14.6. The summed E-state index contributed by atoms with van der Waals surface area (Å²) in [5, 5.41) is 4.23. The number of rotatable bonds is 3. The minimum Gasteiger partial charge on any atom is -0.444 e. The Kier molecular flexibility index (Phi) is 4.73. The van der Waals surface area contributed by atoms with Crippen LogP contribution in [0.5, 0.6) is 0 Å². The molecule has 2 aromatic heterocycles. The second-order valence-corrected chi connectivity index (χ2v) is 6.68. The molecule has 6 heteroatoms. The first-order chi connectivity index (χ1) is 10.7. The molecule has 0 aliphatic carbocycles. The van der Waals surface area contributed by atoms with E-state index in [4.69, 9.17) is 4.74 Å². The molecule has 1 atom stereocenters. The molecule has 6 nitrogen and oxygen atoms in total. The highest BCUT2D eigenvalue weighted by Gasteiger charge is 2.23. The smallest absolute Gasteiger partial charge is 0.410 e. The van der Waals surface area contributed by atoms with Gasteiger partial charge in [-0.3, -0.25) is 0 Å². The maximum absolute atomic E-state index is 12.1. The van der Waals surface area contributed by atoms with Gasteiger partial charge in [0.25, 0.3) is 0 Å². The number of pyridine rings is 1. The quantitative estimate of drug-likeness (QED) is 0.869. The molecule has 0 saturated carbocycles. The average molecular weight is 316 g/mol. The molecule has 2 heterocycles. The fraction of sp³-hybridized carbons (Fsp3) is 0.471. The van der Waals surface area contributed by atoms with Gasteiger partial charge in [0, 0.05) is 19.4 Å². The topological polar surface area (TPSA) is 60.2 Å². The first-order valence-electron chi connectivity index (χ1n) is 7.61. The summed E-state index contributed by atoms with van der Waals surface area (Å²) in [5.41, 5.74) is 1.50. The molecule has 124 valence electrons. The fourth-order valence-corrected chi connectivity index (χ4v) is 2.03. The fourth-order valence-electron chi connectivity index (χ4n) is 2.03. The Labute approximate surface area is 137 Å². The molecule has 2 aromatic rings. The molecule has 0 aromatic carbocycles. The van der Waals surface area contributed by atoms with E-state index in [0.29, 0.717) is 0 Å². The van der Waals surface area contributed by atoms with E-state index in [1.807, 2.05) is 52.9 Å². The van der Waals surface area contributed by atoms with Crippen molar-refractivity contribution in [2.24, 2.45) is 0 Å². The number of nitrogens with zero attached hydrogens (tertiary/aromatic N) is 4. The Morgan fingerprint density at radius 3 is 2.48 bits per heavy atom. The summed E-state index contributed by atoms with van der Waals surface area (Å²) < 4.78 is 7.11. The maximum Gasteiger partial charge on any atom is 0.410 e. The maximum atomic E-state index is 12.1. The van der Waals surface area contributed by atoms with Crippen molar-refractivity contribution >= 4 is 6.09 Å². The molecule has 0 N–H and O–H groups in total. The number of hydrogen-bond donors (Lipinski definition) is 0. The molecule has 0 bridgehead atoms. The number of amides is 1. The van der Waals surface area contributed by atoms with E-state index < -0.39 is 5.60 Å². The first kappa shape index (κ1) is 17.0. The first-order valence-corrected chi connectivity index (χ1v) is 7.61. The van der Waals surface area contributed by atoms with Crippen LogP contribution in [0.2, 0.25) is 0 Å². The Hall–Kier alpha value is -2.37. The second kappa shape index (κ2) is 6.40. The van der Waals surface area contributed by atoms with Gasteiger partial charge in [-0.1, -0.05) is 6.07 Å². The summed E-state index contributed by atoms with van der Waals surface area (Å²) in [5.74, 6) is 0.744. The molecular weight excluding hydrogens is 292 g/mol. The summed E-state index contributed by atoms with van der Waals surface area (Å²) in [7, 11) is 1.73. The van der Waals surface area contributed by atoms with Gasteiger partial charge < -0.3 is 9.64 Å². The highest BCUT2D eigenvalue weighted by molar-refractivity contribution is 5.68. The third-order valence-electron chi connectivity index (χ3n) is 3.46. The molecule has 23 heavy (non-hydrogen) atoms. The number of aromatic nitrogens is 3. The van der Waals surface area contributed by atoms with Crippen molar-refractivity contribution in [2.45, 2.75) is 46.3 Å². The number of carbonyl (C=O) groups is 1. The van der Waals surface area contributed by atoms with Gasteiger partial charge in [0.2, 0.25) is 0 Å². The lowest BCUT2D eigenvalue weighted by Gasteiger charge is -2.28. The largest absolute Gasteiger partial charge is 0.444 e.